The highest BCUT2D eigenvalue weighted by molar-refractivity contribution is 5.77. The number of aromatic nitrogens is 4. The van der Waals surface area contributed by atoms with Crippen LogP contribution in [0.3, 0.4) is 0 Å². The summed E-state index contributed by atoms with van der Waals surface area (Å²) in [4.78, 5) is 4.01. The molecule has 1 aromatic heterocycles. The molecular weight excluding hydrogens is 230 g/mol. The lowest BCUT2D eigenvalue weighted by atomic mass is 9.52. The van der Waals surface area contributed by atoms with Gasteiger partial charge in [-0.3, -0.25) is 0 Å². The minimum absolute atomic E-state index is 0.0230. The molecule has 4 bridgehead atoms. The molecule has 0 atom stereocenters. The first kappa shape index (κ1) is 10.5. The average Bonchev–Trinajstić information content (AvgIpc) is 2.80. The van der Waals surface area contributed by atoms with Crippen molar-refractivity contribution in [2.45, 2.75) is 32.1 Å². The number of nitrogens with one attached hydrogen (secondary N) is 1. The molecule has 18 heavy (non-hydrogen) atoms. The molecule has 1 aromatic rings. The fourth-order valence-electron chi connectivity index (χ4n) is 4.71. The van der Waals surface area contributed by atoms with Gasteiger partial charge < -0.3 is 5.11 Å². The molecule has 0 saturated heterocycles. The smallest absolute Gasteiger partial charge is 0.287 e. The van der Waals surface area contributed by atoms with Crippen molar-refractivity contribution < 1.29 is 5.11 Å². The maximum atomic E-state index is 12.3. The maximum Gasteiger partial charge on any atom is 0.287 e. The Morgan fingerprint density at radius 2 is 1.78 bits per heavy atom. The third-order valence-electron chi connectivity index (χ3n) is 5.06. The van der Waals surface area contributed by atoms with Crippen LogP contribution in [0.5, 0.6) is 0 Å². The zero-order chi connectivity index (χ0) is 12.1. The van der Waals surface area contributed by atoms with Gasteiger partial charge in [-0.05, 0) is 72.8 Å². The van der Waals surface area contributed by atoms with Crippen LogP contribution in [0, 0.1) is 29.6 Å². The summed E-state index contributed by atoms with van der Waals surface area (Å²) in [5.74, 6) is 3.15. The van der Waals surface area contributed by atoms with Crippen molar-refractivity contribution in [1.29, 1.82) is 0 Å². The summed E-state index contributed by atoms with van der Waals surface area (Å²) >= 11 is 0. The Labute approximate surface area is 105 Å². The summed E-state index contributed by atoms with van der Waals surface area (Å²) in [6.07, 6.45) is 6.31. The number of H-pyrrole nitrogens is 1. The highest BCUT2D eigenvalue weighted by Gasteiger charge is 2.48. The molecule has 0 unspecified atom stereocenters. The van der Waals surface area contributed by atoms with E-state index in [1.165, 1.54) is 32.1 Å². The molecule has 0 aliphatic heterocycles. The lowest BCUT2D eigenvalue weighted by molar-refractivity contribution is -0.233. The molecular formula is C12H16N5O-. The molecule has 4 aliphatic carbocycles. The van der Waals surface area contributed by atoms with Gasteiger partial charge in [0, 0.05) is 0 Å². The van der Waals surface area contributed by atoms with Crippen molar-refractivity contribution in [2.75, 3.05) is 0 Å². The summed E-state index contributed by atoms with van der Waals surface area (Å²) in [7, 11) is 0. The highest BCUT2D eigenvalue weighted by atomic mass is 16.3. The van der Waals surface area contributed by atoms with Crippen LogP contribution < -0.4 is 5.11 Å². The second-order valence-electron chi connectivity index (χ2n) is 6.12. The van der Waals surface area contributed by atoms with Gasteiger partial charge in [0.15, 0.2) is 0 Å². The summed E-state index contributed by atoms with van der Waals surface area (Å²) in [5.41, 5.74) is 0. The number of rotatable bonds is 2. The summed E-state index contributed by atoms with van der Waals surface area (Å²) in [6, 6.07) is 0. The Hall–Kier alpha value is -1.46. The lowest BCUT2D eigenvalue weighted by Crippen LogP contribution is -2.50. The molecule has 4 saturated carbocycles. The first-order chi connectivity index (χ1) is 8.79. The molecule has 0 aromatic carbocycles. The summed E-state index contributed by atoms with van der Waals surface area (Å²) < 4.78 is 0. The molecule has 0 amide bonds. The van der Waals surface area contributed by atoms with Crippen LogP contribution in [0.15, 0.2) is 4.99 Å². The Balaban J connectivity index is 1.61. The normalized spacial score (nSPS) is 42.4. The van der Waals surface area contributed by atoms with E-state index in [2.05, 4.69) is 25.6 Å². The van der Waals surface area contributed by atoms with E-state index in [1.54, 1.807) is 0 Å². The zero-order valence-electron chi connectivity index (χ0n) is 10.1. The second kappa shape index (κ2) is 3.76. The Morgan fingerprint density at radius 1 is 1.11 bits per heavy atom. The third kappa shape index (κ3) is 1.54. The van der Waals surface area contributed by atoms with Crippen LogP contribution in [0.2, 0.25) is 0 Å². The van der Waals surface area contributed by atoms with E-state index in [-0.39, 0.29) is 17.8 Å². The van der Waals surface area contributed by atoms with Crippen molar-refractivity contribution in [3.63, 3.8) is 0 Å². The number of tetrazole rings is 1. The average molecular weight is 246 g/mol. The fourth-order valence-corrected chi connectivity index (χ4v) is 4.71. The van der Waals surface area contributed by atoms with Crippen LogP contribution in [0.4, 0.5) is 5.95 Å². The quantitative estimate of drug-likeness (QED) is 0.613. The predicted octanol–water partition coefficient (Wildman–Crippen LogP) is 0.662. The van der Waals surface area contributed by atoms with Crippen LogP contribution in [0.25, 0.3) is 0 Å². The topological polar surface area (TPSA) is 89.9 Å². The summed E-state index contributed by atoms with van der Waals surface area (Å²) in [6.45, 7) is 0. The first-order valence-corrected chi connectivity index (χ1v) is 6.78. The van der Waals surface area contributed by atoms with E-state index < -0.39 is 0 Å². The van der Waals surface area contributed by atoms with Crippen molar-refractivity contribution in [1.82, 2.24) is 20.6 Å². The van der Waals surface area contributed by atoms with Gasteiger partial charge in [-0.1, -0.05) is 5.10 Å². The predicted molar refractivity (Wildman–Crippen MR) is 61.8 cm³/mol. The van der Waals surface area contributed by atoms with E-state index in [0.717, 1.165) is 11.8 Å². The minimum Gasteiger partial charge on any atom is -0.861 e. The first-order valence-electron chi connectivity index (χ1n) is 6.78. The molecule has 6 nitrogen and oxygen atoms in total. The highest BCUT2D eigenvalue weighted by Crippen LogP contribution is 2.56. The van der Waals surface area contributed by atoms with Gasteiger partial charge in [0.1, 0.15) is 0 Å². The van der Waals surface area contributed by atoms with Crippen molar-refractivity contribution in [3.8, 4) is 0 Å². The van der Waals surface area contributed by atoms with E-state index in [9.17, 15) is 5.11 Å². The van der Waals surface area contributed by atoms with E-state index in [0.29, 0.717) is 11.8 Å². The molecule has 6 heteroatoms. The van der Waals surface area contributed by atoms with Crippen molar-refractivity contribution >= 4 is 11.8 Å². The molecule has 1 N–H and O–H groups in total. The Morgan fingerprint density at radius 3 is 2.33 bits per heavy atom. The van der Waals surface area contributed by atoms with E-state index >= 15 is 0 Å². The van der Waals surface area contributed by atoms with E-state index in [1.807, 2.05) is 0 Å². The Kier molecular flexibility index (Phi) is 2.19. The standard InChI is InChI=1S/C12H17N5O/c18-11(13-12-14-16-17-15-12)10-8-2-6-1-7(4-8)5-9(10)3-6/h6-10H,1-5H2,(H2,13,14,15,16,17,18)/p-1. The molecule has 0 spiro atoms. The Bertz CT molecular complexity index is 441. The maximum absolute atomic E-state index is 12.3. The van der Waals surface area contributed by atoms with Gasteiger partial charge in [0.2, 0.25) is 0 Å². The van der Waals surface area contributed by atoms with Gasteiger partial charge in [0.05, 0.1) is 0 Å². The third-order valence-corrected chi connectivity index (χ3v) is 5.06. The van der Waals surface area contributed by atoms with Crippen molar-refractivity contribution in [3.05, 3.63) is 0 Å². The number of aromatic amines is 1. The zero-order valence-corrected chi connectivity index (χ0v) is 10.1. The largest absolute Gasteiger partial charge is 0.861 e. The second-order valence-corrected chi connectivity index (χ2v) is 6.12. The number of hydrogen-bond donors (Lipinski definition) is 1. The molecule has 96 valence electrons. The molecule has 5 rings (SSSR count). The van der Waals surface area contributed by atoms with Gasteiger partial charge >= 0.3 is 0 Å². The van der Waals surface area contributed by atoms with Gasteiger partial charge in [0.25, 0.3) is 5.95 Å². The lowest BCUT2D eigenvalue weighted by Gasteiger charge is -2.55. The van der Waals surface area contributed by atoms with Crippen LogP contribution in [-0.2, 0) is 0 Å². The fraction of sp³-hybridized carbons (Fsp3) is 0.833. The van der Waals surface area contributed by atoms with Gasteiger partial charge in [-0.15, -0.1) is 5.10 Å². The molecule has 0 radical (unpaired) electrons. The van der Waals surface area contributed by atoms with Crippen LogP contribution in [-0.4, -0.2) is 26.5 Å². The molecule has 4 fully saturated rings. The molecule has 1 heterocycles. The van der Waals surface area contributed by atoms with Crippen LogP contribution in [0.1, 0.15) is 32.1 Å². The minimum atomic E-state index is -0.0230. The van der Waals surface area contributed by atoms with Crippen LogP contribution >= 0.6 is 0 Å². The number of hydrogen-bond acceptors (Lipinski definition) is 5. The van der Waals surface area contributed by atoms with Crippen molar-refractivity contribution in [2.24, 2.45) is 34.6 Å². The summed E-state index contributed by atoms with van der Waals surface area (Å²) in [5, 5.41) is 25.5. The number of aliphatic imine (C=N–C) groups is 1. The van der Waals surface area contributed by atoms with E-state index in [4.69, 9.17) is 0 Å². The monoisotopic (exact) mass is 246 g/mol. The number of nitrogens with zero attached hydrogens (tertiary/aromatic N) is 4. The molecule has 4 aliphatic rings. The van der Waals surface area contributed by atoms with Gasteiger partial charge in [-0.2, -0.15) is 5.21 Å². The van der Waals surface area contributed by atoms with Gasteiger partial charge in [-0.25, -0.2) is 4.99 Å². The SMILES string of the molecule is [O-]C(=Nc1nn[nH]n1)C1C2CC3CC(C2)CC1C3.